The fourth-order valence-corrected chi connectivity index (χ4v) is 3.03. The van der Waals surface area contributed by atoms with Crippen molar-refractivity contribution < 1.29 is 0 Å². The van der Waals surface area contributed by atoms with Gasteiger partial charge in [0.25, 0.3) is 0 Å². The largest absolute Gasteiger partial charge is 0.310 e. The van der Waals surface area contributed by atoms with Gasteiger partial charge >= 0.3 is 0 Å². The number of tetrazole rings is 1. The highest BCUT2D eigenvalue weighted by Crippen LogP contribution is 2.31. The second-order valence-electron chi connectivity index (χ2n) is 6.60. The van der Waals surface area contributed by atoms with Gasteiger partial charge in [0.05, 0.1) is 6.54 Å². The molecule has 5 nitrogen and oxygen atoms in total. The summed E-state index contributed by atoms with van der Waals surface area (Å²) in [6.45, 7) is 9.50. The van der Waals surface area contributed by atoms with Gasteiger partial charge in [-0.05, 0) is 47.6 Å². The standard InChI is InChI=1S/C15H29N5/c1-4-13-5-7-14(8-6-13)11-20-15(17-18-19-20)10-16-9-12(2)3/h12-14,16H,4-11H2,1-3H3. The monoisotopic (exact) mass is 279 g/mol. The highest BCUT2D eigenvalue weighted by molar-refractivity contribution is 4.82. The van der Waals surface area contributed by atoms with Gasteiger partial charge in [0.1, 0.15) is 0 Å². The molecule has 114 valence electrons. The van der Waals surface area contributed by atoms with Crippen LogP contribution >= 0.6 is 0 Å². The first-order valence-corrected chi connectivity index (χ1v) is 8.14. The summed E-state index contributed by atoms with van der Waals surface area (Å²) in [7, 11) is 0. The van der Waals surface area contributed by atoms with E-state index in [1.165, 1.54) is 32.1 Å². The predicted molar refractivity (Wildman–Crippen MR) is 80.1 cm³/mol. The molecule has 0 amide bonds. The van der Waals surface area contributed by atoms with Gasteiger partial charge in [0.2, 0.25) is 0 Å². The Hall–Kier alpha value is -0.970. The molecule has 0 unspecified atom stereocenters. The number of hydrogen-bond acceptors (Lipinski definition) is 4. The van der Waals surface area contributed by atoms with Crippen LogP contribution in [0.3, 0.4) is 0 Å². The van der Waals surface area contributed by atoms with Crippen molar-refractivity contribution in [1.82, 2.24) is 25.5 Å². The maximum atomic E-state index is 4.16. The van der Waals surface area contributed by atoms with Crippen LogP contribution in [0.2, 0.25) is 0 Å². The van der Waals surface area contributed by atoms with E-state index in [1.807, 2.05) is 4.68 Å². The fourth-order valence-electron chi connectivity index (χ4n) is 3.03. The van der Waals surface area contributed by atoms with E-state index in [9.17, 15) is 0 Å². The second-order valence-corrected chi connectivity index (χ2v) is 6.60. The summed E-state index contributed by atoms with van der Waals surface area (Å²) in [5.41, 5.74) is 0. The lowest BCUT2D eigenvalue weighted by Gasteiger charge is -2.27. The van der Waals surface area contributed by atoms with Gasteiger partial charge in [0.15, 0.2) is 5.82 Å². The van der Waals surface area contributed by atoms with Crippen LogP contribution in [-0.4, -0.2) is 26.8 Å². The molecule has 1 fully saturated rings. The highest BCUT2D eigenvalue weighted by Gasteiger charge is 2.21. The molecule has 5 heteroatoms. The van der Waals surface area contributed by atoms with Gasteiger partial charge < -0.3 is 5.32 Å². The third-order valence-corrected chi connectivity index (χ3v) is 4.42. The Morgan fingerprint density at radius 2 is 1.90 bits per heavy atom. The number of rotatable bonds is 7. The average Bonchev–Trinajstić information content (AvgIpc) is 2.87. The molecule has 1 aromatic rings. The van der Waals surface area contributed by atoms with Crippen molar-refractivity contribution in [2.75, 3.05) is 6.54 Å². The predicted octanol–water partition coefficient (Wildman–Crippen LogP) is 2.64. The fraction of sp³-hybridized carbons (Fsp3) is 0.933. The highest BCUT2D eigenvalue weighted by atomic mass is 15.5. The van der Waals surface area contributed by atoms with Crippen LogP contribution in [0.15, 0.2) is 0 Å². The zero-order valence-corrected chi connectivity index (χ0v) is 13.2. The molecule has 0 atom stereocenters. The summed E-state index contributed by atoms with van der Waals surface area (Å²) in [5, 5.41) is 15.6. The van der Waals surface area contributed by atoms with Gasteiger partial charge in [0, 0.05) is 6.54 Å². The van der Waals surface area contributed by atoms with E-state index in [0.29, 0.717) is 5.92 Å². The Balaban J connectivity index is 1.80. The quantitative estimate of drug-likeness (QED) is 0.833. The van der Waals surface area contributed by atoms with Crippen molar-refractivity contribution in [3.05, 3.63) is 5.82 Å². The first kappa shape index (κ1) is 15.4. The van der Waals surface area contributed by atoms with E-state index in [-0.39, 0.29) is 0 Å². The third-order valence-electron chi connectivity index (χ3n) is 4.42. The lowest BCUT2D eigenvalue weighted by atomic mass is 9.81. The lowest BCUT2D eigenvalue weighted by molar-refractivity contribution is 0.238. The number of nitrogens with zero attached hydrogens (tertiary/aromatic N) is 4. The topological polar surface area (TPSA) is 55.6 Å². The number of nitrogens with one attached hydrogen (secondary N) is 1. The van der Waals surface area contributed by atoms with Gasteiger partial charge in [-0.3, -0.25) is 0 Å². The minimum atomic E-state index is 0.656. The van der Waals surface area contributed by atoms with Gasteiger partial charge in [-0.1, -0.05) is 40.0 Å². The van der Waals surface area contributed by atoms with E-state index >= 15 is 0 Å². The SMILES string of the molecule is CCC1CCC(Cn2nnnc2CNCC(C)C)CC1. The molecule has 1 heterocycles. The van der Waals surface area contributed by atoms with Crippen LogP contribution in [0.4, 0.5) is 0 Å². The van der Waals surface area contributed by atoms with Crippen LogP contribution in [0.25, 0.3) is 0 Å². The Morgan fingerprint density at radius 3 is 2.55 bits per heavy atom. The minimum Gasteiger partial charge on any atom is -0.310 e. The van der Waals surface area contributed by atoms with E-state index in [1.54, 1.807) is 0 Å². The summed E-state index contributed by atoms with van der Waals surface area (Å²) in [6.07, 6.45) is 6.75. The normalized spacial score (nSPS) is 23.4. The van der Waals surface area contributed by atoms with Gasteiger partial charge in [-0.25, -0.2) is 4.68 Å². The van der Waals surface area contributed by atoms with Crippen molar-refractivity contribution in [1.29, 1.82) is 0 Å². The molecule has 1 aliphatic carbocycles. The molecule has 0 bridgehead atoms. The van der Waals surface area contributed by atoms with E-state index in [2.05, 4.69) is 41.6 Å². The molecule has 1 aromatic heterocycles. The molecule has 1 aliphatic rings. The zero-order valence-electron chi connectivity index (χ0n) is 13.2. The molecular formula is C15H29N5. The molecule has 1 saturated carbocycles. The van der Waals surface area contributed by atoms with Crippen LogP contribution in [-0.2, 0) is 13.1 Å². The molecule has 20 heavy (non-hydrogen) atoms. The summed E-state index contributed by atoms with van der Waals surface area (Å²) in [4.78, 5) is 0. The Kier molecular flexibility index (Phi) is 5.95. The van der Waals surface area contributed by atoms with Crippen LogP contribution in [0.1, 0.15) is 58.7 Å². The molecule has 0 saturated heterocycles. The van der Waals surface area contributed by atoms with E-state index in [4.69, 9.17) is 0 Å². The molecule has 0 aliphatic heterocycles. The summed E-state index contributed by atoms with van der Waals surface area (Å²) in [5.74, 6) is 3.34. The average molecular weight is 279 g/mol. The third kappa shape index (κ3) is 4.54. The van der Waals surface area contributed by atoms with Crippen molar-refractivity contribution >= 4 is 0 Å². The Bertz CT molecular complexity index is 379. The second kappa shape index (κ2) is 7.72. The number of aromatic nitrogens is 4. The Labute approximate surface area is 122 Å². The summed E-state index contributed by atoms with van der Waals surface area (Å²) < 4.78 is 2.00. The van der Waals surface area contributed by atoms with Crippen molar-refractivity contribution in [3.63, 3.8) is 0 Å². The molecule has 1 N–H and O–H groups in total. The molecular weight excluding hydrogens is 250 g/mol. The first-order valence-electron chi connectivity index (χ1n) is 8.14. The van der Waals surface area contributed by atoms with Crippen molar-refractivity contribution in [3.8, 4) is 0 Å². The molecule has 2 rings (SSSR count). The summed E-state index contributed by atoms with van der Waals surface area (Å²) >= 11 is 0. The minimum absolute atomic E-state index is 0.656. The van der Waals surface area contributed by atoms with Gasteiger partial charge in [-0.15, -0.1) is 5.10 Å². The molecule has 0 spiro atoms. The lowest BCUT2D eigenvalue weighted by Crippen LogP contribution is -2.24. The number of hydrogen-bond donors (Lipinski definition) is 1. The van der Waals surface area contributed by atoms with Gasteiger partial charge in [-0.2, -0.15) is 0 Å². The Morgan fingerprint density at radius 1 is 1.20 bits per heavy atom. The summed E-state index contributed by atoms with van der Waals surface area (Å²) in [6, 6.07) is 0. The van der Waals surface area contributed by atoms with Crippen LogP contribution in [0, 0.1) is 17.8 Å². The smallest absolute Gasteiger partial charge is 0.165 e. The first-order chi connectivity index (χ1) is 9.69. The maximum absolute atomic E-state index is 4.16. The molecule has 0 radical (unpaired) electrons. The molecule has 0 aromatic carbocycles. The van der Waals surface area contributed by atoms with Crippen molar-refractivity contribution in [2.24, 2.45) is 17.8 Å². The van der Waals surface area contributed by atoms with Crippen LogP contribution < -0.4 is 5.32 Å². The van der Waals surface area contributed by atoms with E-state index in [0.717, 1.165) is 37.3 Å². The van der Waals surface area contributed by atoms with Crippen molar-refractivity contribution in [2.45, 2.75) is 66.0 Å². The maximum Gasteiger partial charge on any atom is 0.165 e. The van der Waals surface area contributed by atoms with Crippen LogP contribution in [0.5, 0.6) is 0 Å². The zero-order chi connectivity index (χ0) is 14.4. The van der Waals surface area contributed by atoms with E-state index < -0.39 is 0 Å².